The largest absolute Gasteiger partial charge is 0.358 e. The molecule has 0 aliphatic carbocycles. The third-order valence-corrected chi connectivity index (χ3v) is 5.96. The molecule has 0 aromatic heterocycles. The minimum absolute atomic E-state index is 0.542. The average Bonchev–Trinajstić information content (AvgIpc) is 2.78. The number of rotatable bonds is 8. The van der Waals surface area contributed by atoms with Gasteiger partial charge in [-0.25, -0.2) is 0 Å². The molecular weight excluding hydrogens is 490 g/mol. The van der Waals surface area contributed by atoms with Gasteiger partial charge in [-0.2, -0.15) is 0 Å². The van der Waals surface area contributed by atoms with Crippen LogP contribution in [0.5, 0.6) is 0 Å². The Labute approximate surface area is 186 Å². The third-order valence-electron chi connectivity index (χ3n) is 4.79. The van der Waals surface area contributed by atoms with Gasteiger partial charge in [-0.3, -0.25) is 4.79 Å². The van der Waals surface area contributed by atoms with E-state index in [1.807, 2.05) is 36.4 Å². The summed E-state index contributed by atoms with van der Waals surface area (Å²) >= 11 is 2.29. The lowest BCUT2D eigenvalue weighted by Crippen LogP contribution is -1.98. The number of allylic oxidation sites excluding steroid dienone is 1. The van der Waals surface area contributed by atoms with Gasteiger partial charge in [0.2, 0.25) is 0 Å². The maximum absolute atomic E-state index is 11.1. The molecule has 0 saturated carbocycles. The Morgan fingerprint density at radius 1 is 1.00 bits per heavy atom. The molecule has 0 bridgehead atoms. The predicted molar refractivity (Wildman–Crippen MR) is 135 cm³/mol. The fraction of sp³-hybridized carbons (Fsp3) is 0.0833. The highest BCUT2D eigenvalue weighted by atomic mass is 127. The molecule has 3 rings (SSSR count). The summed E-state index contributed by atoms with van der Waals surface area (Å²) in [6, 6.07) is 24.3. The van der Waals surface area contributed by atoms with Gasteiger partial charge in [0.05, 0.1) is 0 Å². The zero-order chi connectivity index (χ0) is 20.6. The SMILES string of the molecule is CC/C(=C(/c1ccc(C=O)cc1)c1ccc(NPI)c(C=N)c1)c1ccccc1. The Morgan fingerprint density at radius 3 is 2.28 bits per heavy atom. The summed E-state index contributed by atoms with van der Waals surface area (Å²) in [6.45, 7) is 2.16. The first kappa shape index (κ1) is 21.4. The second-order valence-electron chi connectivity index (χ2n) is 6.48. The van der Waals surface area contributed by atoms with Gasteiger partial charge < -0.3 is 10.5 Å². The second kappa shape index (κ2) is 10.5. The number of benzene rings is 3. The van der Waals surface area contributed by atoms with E-state index in [1.54, 1.807) is 0 Å². The van der Waals surface area contributed by atoms with Crippen LogP contribution in [0.2, 0.25) is 0 Å². The molecule has 0 amide bonds. The molecule has 1 atom stereocenters. The van der Waals surface area contributed by atoms with Crippen LogP contribution < -0.4 is 5.09 Å². The zero-order valence-electron chi connectivity index (χ0n) is 16.1. The molecule has 0 radical (unpaired) electrons. The van der Waals surface area contributed by atoms with Crippen molar-refractivity contribution >= 4 is 57.7 Å². The lowest BCUT2D eigenvalue weighted by atomic mass is 9.87. The van der Waals surface area contributed by atoms with E-state index in [1.165, 1.54) is 17.4 Å². The molecule has 2 N–H and O–H groups in total. The molecule has 0 heterocycles. The Bertz CT molecular complexity index is 1030. The van der Waals surface area contributed by atoms with E-state index in [0.29, 0.717) is 11.9 Å². The van der Waals surface area contributed by atoms with Gasteiger partial charge in [0.1, 0.15) is 6.29 Å². The summed E-state index contributed by atoms with van der Waals surface area (Å²) in [4.78, 5) is 11.1. The second-order valence-corrected chi connectivity index (χ2v) is 8.54. The van der Waals surface area contributed by atoms with Gasteiger partial charge in [0.25, 0.3) is 0 Å². The Kier molecular flexibility index (Phi) is 7.73. The average molecular weight is 512 g/mol. The first-order valence-corrected chi connectivity index (χ1v) is 13.4. The minimum Gasteiger partial charge on any atom is -0.358 e. The highest BCUT2D eigenvalue weighted by Gasteiger charge is 2.14. The number of aldehydes is 1. The molecule has 5 heteroatoms. The highest BCUT2D eigenvalue weighted by Crippen LogP contribution is 2.36. The molecule has 0 aliphatic heterocycles. The molecule has 3 aromatic rings. The van der Waals surface area contributed by atoms with Gasteiger partial charge in [-0.05, 0) is 68.4 Å². The van der Waals surface area contributed by atoms with Crippen molar-refractivity contribution < 1.29 is 4.79 Å². The van der Waals surface area contributed by atoms with Gasteiger partial charge in [0, 0.05) is 29.4 Å². The van der Waals surface area contributed by atoms with E-state index in [4.69, 9.17) is 5.41 Å². The molecule has 3 aromatic carbocycles. The lowest BCUT2D eigenvalue weighted by Gasteiger charge is -2.18. The van der Waals surface area contributed by atoms with Crippen molar-refractivity contribution in [3.63, 3.8) is 0 Å². The summed E-state index contributed by atoms with van der Waals surface area (Å²) in [7, 11) is 0. The van der Waals surface area contributed by atoms with E-state index in [-0.39, 0.29) is 0 Å². The fourth-order valence-electron chi connectivity index (χ4n) is 3.41. The fourth-order valence-corrected chi connectivity index (χ4v) is 4.61. The predicted octanol–water partition coefficient (Wildman–Crippen LogP) is 7.22. The first-order valence-electron chi connectivity index (χ1n) is 9.32. The maximum Gasteiger partial charge on any atom is 0.150 e. The molecule has 1 unspecified atom stereocenters. The number of anilines is 1. The Hall–Kier alpha value is -2.30. The number of carbonyl (C=O) groups excluding carboxylic acids is 1. The zero-order valence-corrected chi connectivity index (χ0v) is 19.2. The van der Waals surface area contributed by atoms with E-state index in [9.17, 15) is 4.79 Å². The molecule has 0 aliphatic rings. The van der Waals surface area contributed by atoms with Crippen molar-refractivity contribution in [2.75, 3.05) is 5.09 Å². The molecule has 0 spiro atoms. The molecule has 3 nitrogen and oxygen atoms in total. The van der Waals surface area contributed by atoms with Crippen LogP contribution in [0.25, 0.3) is 11.1 Å². The van der Waals surface area contributed by atoms with Crippen LogP contribution in [0.1, 0.15) is 46.0 Å². The van der Waals surface area contributed by atoms with Crippen LogP contribution in [0.3, 0.4) is 0 Å². The van der Waals surface area contributed by atoms with Crippen molar-refractivity contribution in [3.8, 4) is 0 Å². The molecule has 146 valence electrons. The lowest BCUT2D eigenvalue weighted by molar-refractivity contribution is 0.112. The first-order chi connectivity index (χ1) is 14.2. The molecular formula is C24H22IN2OP. The number of carbonyl (C=O) groups is 1. The van der Waals surface area contributed by atoms with Gasteiger partial charge in [0.15, 0.2) is 0 Å². The quantitative estimate of drug-likeness (QED) is 0.110. The number of halogens is 1. The van der Waals surface area contributed by atoms with Crippen molar-refractivity contribution in [3.05, 3.63) is 101 Å². The van der Waals surface area contributed by atoms with Crippen molar-refractivity contribution in [1.82, 2.24) is 0 Å². The Balaban J connectivity index is 2.26. The van der Waals surface area contributed by atoms with Crippen LogP contribution in [0.15, 0.2) is 72.8 Å². The summed E-state index contributed by atoms with van der Waals surface area (Å²) < 4.78 is 0. The summed E-state index contributed by atoms with van der Waals surface area (Å²) in [6.07, 6.45) is 3.66. The monoisotopic (exact) mass is 512 g/mol. The summed E-state index contributed by atoms with van der Waals surface area (Å²) in [5.41, 5.74) is 8.14. The minimum atomic E-state index is 0.542. The highest BCUT2D eigenvalue weighted by molar-refractivity contribution is 14.2. The van der Waals surface area contributed by atoms with Crippen LogP contribution in [-0.4, -0.2) is 12.5 Å². The molecule has 0 saturated heterocycles. The van der Waals surface area contributed by atoms with E-state index in [2.05, 4.69) is 70.5 Å². The third kappa shape index (κ3) is 5.01. The van der Waals surface area contributed by atoms with Gasteiger partial charge >= 0.3 is 0 Å². The number of hydrogen-bond donors (Lipinski definition) is 2. The van der Waals surface area contributed by atoms with Crippen LogP contribution in [-0.2, 0) is 0 Å². The van der Waals surface area contributed by atoms with Crippen molar-refractivity contribution in [2.24, 2.45) is 0 Å². The maximum atomic E-state index is 11.1. The number of nitrogens with one attached hydrogen (secondary N) is 2. The van der Waals surface area contributed by atoms with Crippen LogP contribution in [0, 0.1) is 5.41 Å². The van der Waals surface area contributed by atoms with Crippen molar-refractivity contribution in [1.29, 1.82) is 5.41 Å². The van der Waals surface area contributed by atoms with E-state index < -0.39 is 0 Å². The van der Waals surface area contributed by atoms with E-state index in [0.717, 1.165) is 40.7 Å². The van der Waals surface area contributed by atoms with Gasteiger partial charge in [-0.1, -0.05) is 67.6 Å². The van der Waals surface area contributed by atoms with E-state index >= 15 is 0 Å². The standard InChI is InChI=1S/C24H22IN2OP/c1-2-22(18-6-4-3-5-7-18)24(19-10-8-17(16-28)9-11-19)20-12-13-23(27-29-25)21(14-20)15-26/h3-16,26-27,29H,2H2,1H3/b24-22+,26-15?. The summed E-state index contributed by atoms with van der Waals surface area (Å²) in [5, 5.41) is 11.2. The molecule has 0 fully saturated rings. The molecule has 29 heavy (non-hydrogen) atoms. The van der Waals surface area contributed by atoms with Crippen molar-refractivity contribution in [2.45, 2.75) is 13.3 Å². The normalized spacial score (nSPS) is 11.9. The van der Waals surface area contributed by atoms with Crippen LogP contribution in [0.4, 0.5) is 5.69 Å². The number of hydrogen-bond acceptors (Lipinski definition) is 3. The van der Waals surface area contributed by atoms with Gasteiger partial charge in [-0.15, -0.1) is 0 Å². The topological polar surface area (TPSA) is 53.0 Å². The smallest absolute Gasteiger partial charge is 0.150 e. The van der Waals surface area contributed by atoms with Crippen LogP contribution >= 0.6 is 28.4 Å². The Morgan fingerprint density at radius 2 is 1.69 bits per heavy atom. The summed E-state index contributed by atoms with van der Waals surface area (Å²) in [5.74, 6) is 0.